The van der Waals surface area contributed by atoms with Crippen LogP contribution in [0.15, 0.2) is 18.2 Å². The van der Waals surface area contributed by atoms with Gasteiger partial charge in [-0.2, -0.15) is 5.26 Å². The molecular formula is C8H9ClN2. The number of hydrogen-bond donors (Lipinski definition) is 1. The number of rotatable bonds is 0. The van der Waals surface area contributed by atoms with Crippen LogP contribution in [0.2, 0.25) is 0 Å². The lowest BCUT2D eigenvalue weighted by Crippen LogP contribution is -1.86. The van der Waals surface area contributed by atoms with Gasteiger partial charge in [-0.1, -0.05) is 0 Å². The minimum atomic E-state index is 0. The fraction of sp³-hybridized carbons (Fsp3) is 0.125. The minimum absolute atomic E-state index is 0. The zero-order chi connectivity index (χ0) is 7.56. The number of hydrogen-bond acceptors (Lipinski definition) is 2. The van der Waals surface area contributed by atoms with Crippen molar-refractivity contribution in [3.05, 3.63) is 29.3 Å². The molecule has 0 bridgehead atoms. The highest BCUT2D eigenvalue weighted by atomic mass is 35.5. The minimum Gasteiger partial charge on any atom is -0.399 e. The number of benzene rings is 1. The number of aryl methyl sites for hydroxylation is 1. The molecule has 0 heterocycles. The summed E-state index contributed by atoms with van der Waals surface area (Å²) < 4.78 is 0. The Morgan fingerprint density at radius 2 is 2.00 bits per heavy atom. The summed E-state index contributed by atoms with van der Waals surface area (Å²) in [4.78, 5) is 0. The molecule has 0 aliphatic rings. The first-order valence-electron chi connectivity index (χ1n) is 2.99. The van der Waals surface area contributed by atoms with Gasteiger partial charge in [-0.05, 0) is 30.7 Å². The summed E-state index contributed by atoms with van der Waals surface area (Å²) >= 11 is 0. The van der Waals surface area contributed by atoms with E-state index in [0.717, 1.165) is 5.56 Å². The van der Waals surface area contributed by atoms with Crippen LogP contribution < -0.4 is 5.73 Å². The van der Waals surface area contributed by atoms with Gasteiger partial charge >= 0.3 is 0 Å². The van der Waals surface area contributed by atoms with E-state index >= 15 is 0 Å². The van der Waals surface area contributed by atoms with Gasteiger partial charge in [-0.3, -0.25) is 0 Å². The third-order valence-electron chi connectivity index (χ3n) is 1.23. The molecule has 0 spiro atoms. The SMILES string of the molecule is Cc1cc(N)cc(C#N)c1.Cl. The van der Waals surface area contributed by atoms with Gasteiger partial charge in [0.1, 0.15) is 0 Å². The number of nitrogen functional groups attached to an aromatic ring is 1. The Balaban J connectivity index is 0.000001000. The van der Waals surface area contributed by atoms with Crippen LogP contribution >= 0.6 is 12.4 Å². The molecule has 2 N–H and O–H groups in total. The molecule has 0 unspecified atom stereocenters. The van der Waals surface area contributed by atoms with Gasteiger partial charge in [0.2, 0.25) is 0 Å². The van der Waals surface area contributed by atoms with E-state index in [-0.39, 0.29) is 12.4 Å². The van der Waals surface area contributed by atoms with Crippen molar-refractivity contribution in [3.63, 3.8) is 0 Å². The smallest absolute Gasteiger partial charge is 0.0992 e. The molecule has 2 nitrogen and oxygen atoms in total. The van der Waals surface area contributed by atoms with Crippen molar-refractivity contribution in [1.29, 1.82) is 5.26 Å². The summed E-state index contributed by atoms with van der Waals surface area (Å²) in [5, 5.41) is 8.48. The second kappa shape index (κ2) is 3.85. The summed E-state index contributed by atoms with van der Waals surface area (Å²) in [6.07, 6.45) is 0. The van der Waals surface area contributed by atoms with Crippen molar-refractivity contribution in [2.75, 3.05) is 5.73 Å². The summed E-state index contributed by atoms with van der Waals surface area (Å²) in [5.41, 5.74) is 7.78. The molecule has 0 fully saturated rings. The van der Waals surface area contributed by atoms with Gasteiger partial charge in [0.05, 0.1) is 11.6 Å². The standard InChI is InChI=1S/C8H8N2.ClH/c1-6-2-7(5-9)4-8(10)3-6;/h2-4H,10H2,1H3;1H. The van der Waals surface area contributed by atoms with Gasteiger partial charge in [-0.15, -0.1) is 12.4 Å². The quantitative estimate of drug-likeness (QED) is 0.602. The maximum absolute atomic E-state index is 8.48. The lowest BCUT2D eigenvalue weighted by Gasteiger charge is -1.95. The predicted octanol–water partition coefficient (Wildman–Crippen LogP) is 1.87. The van der Waals surface area contributed by atoms with Gasteiger partial charge in [-0.25, -0.2) is 0 Å². The van der Waals surface area contributed by atoms with Crippen molar-refractivity contribution in [3.8, 4) is 6.07 Å². The molecule has 3 heteroatoms. The molecule has 0 amide bonds. The Hall–Kier alpha value is -1.20. The zero-order valence-electron chi connectivity index (χ0n) is 6.16. The number of nitriles is 1. The Kier molecular flexibility index (Phi) is 3.43. The highest BCUT2D eigenvalue weighted by molar-refractivity contribution is 5.85. The molecule has 1 aromatic rings. The summed E-state index contributed by atoms with van der Waals surface area (Å²) in [6.45, 7) is 1.91. The molecule has 58 valence electrons. The van der Waals surface area contributed by atoms with Crippen molar-refractivity contribution in [2.45, 2.75) is 6.92 Å². The molecule has 1 rings (SSSR count). The Labute approximate surface area is 72.0 Å². The van der Waals surface area contributed by atoms with Crippen LogP contribution in [0.4, 0.5) is 5.69 Å². The first-order chi connectivity index (χ1) is 4.72. The van der Waals surface area contributed by atoms with E-state index < -0.39 is 0 Å². The molecule has 0 saturated heterocycles. The number of halogens is 1. The van der Waals surface area contributed by atoms with E-state index in [2.05, 4.69) is 0 Å². The Morgan fingerprint density at radius 1 is 1.36 bits per heavy atom. The lowest BCUT2D eigenvalue weighted by atomic mass is 10.1. The molecular weight excluding hydrogens is 160 g/mol. The van der Waals surface area contributed by atoms with Crippen LogP contribution in [0, 0.1) is 18.3 Å². The van der Waals surface area contributed by atoms with Gasteiger partial charge in [0.15, 0.2) is 0 Å². The maximum atomic E-state index is 8.48. The second-order valence-electron chi connectivity index (χ2n) is 2.24. The number of anilines is 1. The largest absolute Gasteiger partial charge is 0.399 e. The van der Waals surface area contributed by atoms with E-state index in [1.54, 1.807) is 12.1 Å². The van der Waals surface area contributed by atoms with Gasteiger partial charge in [0, 0.05) is 5.69 Å². The summed E-state index contributed by atoms with van der Waals surface area (Å²) in [6, 6.07) is 7.32. The highest BCUT2D eigenvalue weighted by Crippen LogP contribution is 2.09. The first-order valence-corrected chi connectivity index (χ1v) is 2.99. The summed E-state index contributed by atoms with van der Waals surface area (Å²) in [7, 11) is 0. The first kappa shape index (κ1) is 9.80. The van der Waals surface area contributed by atoms with Crippen LogP contribution in [-0.4, -0.2) is 0 Å². The van der Waals surface area contributed by atoms with Crippen LogP contribution in [-0.2, 0) is 0 Å². The van der Waals surface area contributed by atoms with Crippen LogP contribution in [0.3, 0.4) is 0 Å². The Bertz CT molecular complexity index is 268. The topological polar surface area (TPSA) is 49.8 Å². The molecule has 1 aromatic carbocycles. The third kappa shape index (κ3) is 2.48. The lowest BCUT2D eigenvalue weighted by molar-refractivity contribution is 1.42. The van der Waals surface area contributed by atoms with Crippen molar-refractivity contribution >= 4 is 18.1 Å². The van der Waals surface area contributed by atoms with Crippen LogP contribution in [0.1, 0.15) is 11.1 Å². The monoisotopic (exact) mass is 168 g/mol. The van der Waals surface area contributed by atoms with Crippen LogP contribution in [0.5, 0.6) is 0 Å². The average Bonchev–Trinajstić information content (AvgIpc) is 1.85. The van der Waals surface area contributed by atoms with E-state index in [1.807, 2.05) is 19.1 Å². The van der Waals surface area contributed by atoms with E-state index in [9.17, 15) is 0 Å². The maximum Gasteiger partial charge on any atom is 0.0992 e. The molecule has 0 atom stereocenters. The summed E-state index contributed by atoms with van der Waals surface area (Å²) in [5.74, 6) is 0. The highest BCUT2D eigenvalue weighted by Gasteiger charge is 1.92. The third-order valence-corrected chi connectivity index (χ3v) is 1.23. The van der Waals surface area contributed by atoms with Crippen molar-refractivity contribution in [1.82, 2.24) is 0 Å². The fourth-order valence-electron chi connectivity index (χ4n) is 0.877. The van der Waals surface area contributed by atoms with Crippen LogP contribution in [0.25, 0.3) is 0 Å². The second-order valence-corrected chi connectivity index (χ2v) is 2.24. The molecule has 0 aliphatic carbocycles. The van der Waals surface area contributed by atoms with E-state index in [1.165, 1.54) is 0 Å². The number of nitrogens with zero attached hydrogens (tertiary/aromatic N) is 1. The van der Waals surface area contributed by atoms with E-state index in [0.29, 0.717) is 11.3 Å². The molecule has 0 aliphatic heterocycles. The average molecular weight is 169 g/mol. The van der Waals surface area contributed by atoms with Gasteiger partial charge in [0.25, 0.3) is 0 Å². The van der Waals surface area contributed by atoms with Crippen molar-refractivity contribution < 1.29 is 0 Å². The molecule has 11 heavy (non-hydrogen) atoms. The van der Waals surface area contributed by atoms with Crippen molar-refractivity contribution in [2.24, 2.45) is 0 Å². The van der Waals surface area contributed by atoms with E-state index in [4.69, 9.17) is 11.0 Å². The number of nitrogens with two attached hydrogens (primary N) is 1. The Morgan fingerprint density at radius 3 is 2.45 bits per heavy atom. The zero-order valence-corrected chi connectivity index (χ0v) is 6.98. The fourth-order valence-corrected chi connectivity index (χ4v) is 0.877. The van der Waals surface area contributed by atoms with Gasteiger partial charge < -0.3 is 5.73 Å². The molecule has 0 radical (unpaired) electrons. The normalized spacial score (nSPS) is 8.00. The molecule has 0 saturated carbocycles. The molecule has 0 aromatic heterocycles. The predicted molar refractivity (Wildman–Crippen MR) is 47.6 cm³/mol.